The van der Waals surface area contributed by atoms with Crippen molar-refractivity contribution in [2.75, 3.05) is 0 Å². The second-order valence-corrected chi connectivity index (χ2v) is 8.30. The van der Waals surface area contributed by atoms with Crippen molar-refractivity contribution in [3.05, 3.63) is 63.6 Å². The zero-order valence-corrected chi connectivity index (χ0v) is 16.5. The van der Waals surface area contributed by atoms with E-state index < -0.39 is 28.9 Å². The summed E-state index contributed by atoms with van der Waals surface area (Å²) in [5, 5.41) is 0. The molecular weight excluding hydrogens is 398 g/mol. The standard InChI is InChI=1S/C21H18F6S/c1-11(2)12(3)17-18(20(24,25)21(26,27)19(17,22)23)15-10-16(28-13(15)4)14-8-6-5-7-9-14/h5-10H,1-4H3. The Morgan fingerprint density at radius 3 is 1.96 bits per heavy atom. The number of rotatable bonds is 3. The van der Waals surface area contributed by atoms with Gasteiger partial charge in [0, 0.05) is 20.9 Å². The number of thiophene rings is 1. The van der Waals surface area contributed by atoms with Crippen molar-refractivity contribution in [3.8, 4) is 10.4 Å². The van der Waals surface area contributed by atoms with Crippen LogP contribution in [0.25, 0.3) is 16.0 Å². The first-order chi connectivity index (χ1) is 12.8. The molecule has 0 saturated carbocycles. The van der Waals surface area contributed by atoms with E-state index in [9.17, 15) is 26.3 Å². The molecule has 7 heteroatoms. The van der Waals surface area contributed by atoms with Crippen LogP contribution in [0.2, 0.25) is 0 Å². The molecule has 0 spiro atoms. The molecule has 1 aliphatic rings. The molecule has 0 atom stereocenters. The lowest BCUT2D eigenvalue weighted by molar-refractivity contribution is -0.259. The number of halogens is 6. The third-order valence-electron chi connectivity index (χ3n) is 5.04. The summed E-state index contributed by atoms with van der Waals surface area (Å²) in [6.45, 7) is 5.51. The van der Waals surface area contributed by atoms with Crippen LogP contribution < -0.4 is 0 Å². The quantitative estimate of drug-likeness (QED) is 0.449. The summed E-state index contributed by atoms with van der Waals surface area (Å²) < 4.78 is 87.0. The van der Waals surface area contributed by atoms with Crippen molar-refractivity contribution in [2.24, 2.45) is 0 Å². The normalized spacial score (nSPS) is 19.8. The first-order valence-corrected chi connectivity index (χ1v) is 9.35. The average Bonchev–Trinajstić information content (AvgIpc) is 3.03. The molecule has 1 heterocycles. The average molecular weight is 416 g/mol. The van der Waals surface area contributed by atoms with Crippen LogP contribution in [-0.4, -0.2) is 17.8 Å². The highest BCUT2D eigenvalue weighted by atomic mass is 32.1. The SMILES string of the molecule is CC(C)=C(C)C1=C(c2cc(-c3ccccc3)sc2C)C(F)(F)C(F)(F)C1(F)F. The Labute approximate surface area is 163 Å². The van der Waals surface area contributed by atoms with Gasteiger partial charge in [0.05, 0.1) is 0 Å². The number of allylic oxidation sites excluding steroid dienone is 4. The third kappa shape index (κ3) is 2.74. The summed E-state index contributed by atoms with van der Waals surface area (Å²) in [6.07, 6.45) is 0. The van der Waals surface area contributed by atoms with Crippen LogP contribution in [0.15, 0.2) is 53.1 Å². The Hall–Kier alpha value is -2.02. The number of hydrogen-bond acceptors (Lipinski definition) is 1. The Balaban J connectivity index is 2.35. The molecule has 3 rings (SSSR count). The van der Waals surface area contributed by atoms with E-state index in [0.29, 0.717) is 10.4 Å². The highest BCUT2D eigenvalue weighted by Crippen LogP contribution is 2.64. The molecular formula is C21H18F6S. The van der Waals surface area contributed by atoms with E-state index in [2.05, 4.69) is 0 Å². The van der Waals surface area contributed by atoms with Crippen molar-refractivity contribution >= 4 is 16.9 Å². The van der Waals surface area contributed by atoms with Crippen LogP contribution in [-0.2, 0) is 0 Å². The van der Waals surface area contributed by atoms with Gasteiger partial charge in [0.15, 0.2) is 0 Å². The van der Waals surface area contributed by atoms with Gasteiger partial charge in [0.25, 0.3) is 0 Å². The number of alkyl halides is 6. The first-order valence-electron chi connectivity index (χ1n) is 8.53. The smallest absolute Gasteiger partial charge is 0.194 e. The number of aryl methyl sites for hydroxylation is 1. The van der Waals surface area contributed by atoms with Gasteiger partial charge in [-0.3, -0.25) is 0 Å². The van der Waals surface area contributed by atoms with Gasteiger partial charge in [0.2, 0.25) is 0 Å². The van der Waals surface area contributed by atoms with Crippen molar-refractivity contribution < 1.29 is 26.3 Å². The minimum atomic E-state index is -5.51. The molecule has 0 N–H and O–H groups in total. The second kappa shape index (κ2) is 6.51. The van der Waals surface area contributed by atoms with Crippen LogP contribution in [0.4, 0.5) is 26.3 Å². The van der Waals surface area contributed by atoms with E-state index >= 15 is 0 Å². The third-order valence-corrected chi connectivity index (χ3v) is 6.14. The lowest BCUT2D eigenvalue weighted by atomic mass is 9.93. The lowest BCUT2D eigenvalue weighted by Crippen LogP contribution is -2.49. The first kappa shape index (κ1) is 20.7. The van der Waals surface area contributed by atoms with Gasteiger partial charge in [-0.1, -0.05) is 35.9 Å². The van der Waals surface area contributed by atoms with E-state index in [0.717, 1.165) is 11.3 Å². The van der Waals surface area contributed by atoms with Gasteiger partial charge in [-0.15, -0.1) is 11.3 Å². The molecule has 28 heavy (non-hydrogen) atoms. The maximum atomic E-state index is 14.7. The van der Waals surface area contributed by atoms with Crippen molar-refractivity contribution in [3.63, 3.8) is 0 Å². The summed E-state index contributed by atoms with van der Waals surface area (Å²) in [4.78, 5) is 0.824. The van der Waals surface area contributed by atoms with Crippen LogP contribution in [0.1, 0.15) is 31.2 Å². The highest BCUT2D eigenvalue weighted by molar-refractivity contribution is 7.15. The molecule has 1 aliphatic carbocycles. The summed E-state index contributed by atoms with van der Waals surface area (Å²) in [5.74, 6) is -15.5. The van der Waals surface area contributed by atoms with Crippen LogP contribution >= 0.6 is 11.3 Å². The van der Waals surface area contributed by atoms with Gasteiger partial charge >= 0.3 is 17.8 Å². The molecule has 0 aliphatic heterocycles. The molecule has 1 aromatic heterocycles. The Bertz CT molecular complexity index is 976. The zero-order chi connectivity index (χ0) is 21.1. The van der Waals surface area contributed by atoms with E-state index in [1.54, 1.807) is 30.3 Å². The monoisotopic (exact) mass is 416 g/mol. The Morgan fingerprint density at radius 1 is 0.857 bits per heavy atom. The molecule has 0 unspecified atom stereocenters. The van der Waals surface area contributed by atoms with Crippen LogP contribution in [0.5, 0.6) is 0 Å². The molecule has 2 aromatic rings. The molecule has 0 saturated heterocycles. The summed E-state index contributed by atoms with van der Waals surface area (Å²) in [7, 11) is 0. The molecule has 1 aromatic carbocycles. The number of hydrogen-bond donors (Lipinski definition) is 0. The van der Waals surface area contributed by atoms with Crippen LogP contribution in [0, 0.1) is 6.92 Å². The zero-order valence-electron chi connectivity index (χ0n) is 15.6. The fourth-order valence-corrected chi connectivity index (χ4v) is 4.31. The molecule has 0 amide bonds. The van der Waals surface area contributed by atoms with Crippen molar-refractivity contribution in [2.45, 2.75) is 45.5 Å². The lowest BCUT2D eigenvalue weighted by Gasteiger charge is -2.26. The second-order valence-electron chi connectivity index (χ2n) is 7.04. The fraction of sp³-hybridized carbons (Fsp3) is 0.333. The van der Waals surface area contributed by atoms with Crippen molar-refractivity contribution in [1.29, 1.82) is 0 Å². The fourth-order valence-electron chi connectivity index (χ4n) is 3.28. The summed E-state index contributed by atoms with van der Waals surface area (Å²) in [6, 6.07) is 10.0. The van der Waals surface area contributed by atoms with Gasteiger partial charge in [-0.25, -0.2) is 0 Å². The summed E-state index contributed by atoms with van der Waals surface area (Å²) >= 11 is 1.10. The molecule has 0 fully saturated rings. The van der Waals surface area contributed by atoms with Crippen molar-refractivity contribution in [1.82, 2.24) is 0 Å². The molecule has 0 nitrogen and oxygen atoms in total. The predicted octanol–water partition coefficient (Wildman–Crippen LogP) is 7.75. The van der Waals surface area contributed by atoms with Gasteiger partial charge in [0.1, 0.15) is 0 Å². The highest BCUT2D eigenvalue weighted by Gasteiger charge is 2.80. The van der Waals surface area contributed by atoms with E-state index in [-0.39, 0.29) is 21.6 Å². The maximum Gasteiger partial charge on any atom is 0.380 e. The van der Waals surface area contributed by atoms with E-state index in [1.165, 1.54) is 33.8 Å². The Kier molecular flexibility index (Phi) is 4.81. The topological polar surface area (TPSA) is 0 Å². The maximum absolute atomic E-state index is 14.7. The molecule has 0 bridgehead atoms. The van der Waals surface area contributed by atoms with Crippen LogP contribution in [0.3, 0.4) is 0 Å². The molecule has 0 radical (unpaired) electrons. The van der Waals surface area contributed by atoms with Gasteiger partial charge in [-0.05, 0) is 50.5 Å². The largest absolute Gasteiger partial charge is 0.380 e. The minimum absolute atomic E-state index is 0.247. The van der Waals surface area contributed by atoms with E-state index in [1.807, 2.05) is 0 Å². The minimum Gasteiger partial charge on any atom is -0.194 e. The van der Waals surface area contributed by atoms with Gasteiger partial charge in [-0.2, -0.15) is 26.3 Å². The molecule has 150 valence electrons. The van der Waals surface area contributed by atoms with E-state index in [4.69, 9.17) is 0 Å². The van der Waals surface area contributed by atoms with Gasteiger partial charge < -0.3 is 0 Å². The summed E-state index contributed by atoms with van der Waals surface area (Å²) in [5.41, 5.74) is -2.09. The predicted molar refractivity (Wildman–Crippen MR) is 100 cm³/mol. The number of benzene rings is 1. The Morgan fingerprint density at radius 2 is 1.43 bits per heavy atom.